The molecule has 146 valence electrons. The summed E-state index contributed by atoms with van der Waals surface area (Å²) < 4.78 is 5.28. The van der Waals surface area contributed by atoms with Crippen LogP contribution in [0.15, 0.2) is 40.9 Å². The van der Waals surface area contributed by atoms with Crippen LogP contribution in [-0.2, 0) is 16.6 Å². The summed E-state index contributed by atoms with van der Waals surface area (Å²) in [6.07, 6.45) is 0.234. The molecule has 0 saturated carbocycles. The number of hydrogen-bond donors (Lipinski definition) is 3. The van der Waals surface area contributed by atoms with E-state index in [1.165, 1.54) is 0 Å². The molecule has 0 saturated heterocycles. The van der Waals surface area contributed by atoms with Crippen LogP contribution in [0, 0.1) is 6.92 Å². The van der Waals surface area contributed by atoms with Gasteiger partial charge in [0.05, 0.1) is 6.42 Å². The van der Waals surface area contributed by atoms with Gasteiger partial charge in [0.1, 0.15) is 23.2 Å². The predicted molar refractivity (Wildman–Crippen MR) is 108 cm³/mol. The molecule has 0 atom stereocenters. The van der Waals surface area contributed by atoms with Crippen molar-refractivity contribution in [1.29, 1.82) is 0 Å². The number of aryl methyl sites for hydroxylation is 1. The van der Waals surface area contributed by atoms with Crippen LogP contribution >= 0.6 is 0 Å². The third-order valence-corrected chi connectivity index (χ3v) is 3.97. The maximum absolute atomic E-state index is 12.3. The van der Waals surface area contributed by atoms with Gasteiger partial charge in [0.15, 0.2) is 5.82 Å². The van der Waals surface area contributed by atoms with E-state index in [-0.39, 0.29) is 17.7 Å². The van der Waals surface area contributed by atoms with Gasteiger partial charge in [-0.2, -0.15) is 0 Å². The first-order chi connectivity index (χ1) is 13.2. The zero-order valence-corrected chi connectivity index (χ0v) is 16.4. The molecule has 0 radical (unpaired) electrons. The van der Waals surface area contributed by atoms with Gasteiger partial charge >= 0.3 is 0 Å². The number of nitrogens with two attached hydrogens (primary N) is 1. The topological polar surface area (TPSA) is 119 Å². The second-order valence-corrected chi connectivity index (χ2v) is 7.60. The van der Waals surface area contributed by atoms with Crippen molar-refractivity contribution in [3.05, 3.63) is 53.5 Å². The Hall–Kier alpha value is -3.42. The fourth-order valence-corrected chi connectivity index (χ4v) is 2.57. The second-order valence-electron chi connectivity index (χ2n) is 7.60. The molecule has 3 rings (SSSR count). The highest BCUT2D eigenvalue weighted by Crippen LogP contribution is 2.24. The lowest BCUT2D eigenvalue weighted by atomic mass is 9.93. The van der Waals surface area contributed by atoms with Crippen LogP contribution in [0.3, 0.4) is 0 Å². The van der Waals surface area contributed by atoms with Crippen LogP contribution in [0.2, 0.25) is 0 Å². The van der Waals surface area contributed by atoms with Gasteiger partial charge in [-0.3, -0.25) is 4.79 Å². The molecule has 0 aliphatic rings. The average Bonchev–Trinajstić information content (AvgIpc) is 3.04. The first kappa shape index (κ1) is 19.3. The quantitative estimate of drug-likeness (QED) is 0.619. The molecular weight excluding hydrogens is 356 g/mol. The van der Waals surface area contributed by atoms with Gasteiger partial charge in [0, 0.05) is 23.2 Å². The van der Waals surface area contributed by atoms with Crippen LogP contribution in [0.4, 0.5) is 23.1 Å². The summed E-state index contributed by atoms with van der Waals surface area (Å²) in [6, 6.07) is 10.9. The fraction of sp³-hybridized carbons (Fsp3) is 0.300. The first-order valence-electron chi connectivity index (χ1n) is 8.93. The highest BCUT2D eigenvalue weighted by atomic mass is 16.5. The van der Waals surface area contributed by atoms with Crippen LogP contribution in [0.25, 0.3) is 0 Å². The van der Waals surface area contributed by atoms with Crippen LogP contribution in [-0.4, -0.2) is 21.0 Å². The van der Waals surface area contributed by atoms with Crippen molar-refractivity contribution in [2.24, 2.45) is 0 Å². The van der Waals surface area contributed by atoms with Crippen molar-refractivity contribution in [2.45, 2.75) is 39.5 Å². The van der Waals surface area contributed by atoms with Gasteiger partial charge in [-0.15, -0.1) is 0 Å². The van der Waals surface area contributed by atoms with E-state index < -0.39 is 0 Å². The van der Waals surface area contributed by atoms with Crippen molar-refractivity contribution in [2.75, 3.05) is 16.4 Å². The molecule has 1 amide bonds. The first-order valence-corrected chi connectivity index (χ1v) is 8.93. The normalized spacial score (nSPS) is 11.3. The van der Waals surface area contributed by atoms with Gasteiger partial charge in [-0.05, 0) is 24.6 Å². The third kappa shape index (κ3) is 5.06. The third-order valence-electron chi connectivity index (χ3n) is 3.97. The molecule has 2 aromatic heterocycles. The van der Waals surface area contributed by atoms with Crippen molar-refractivity contribution >= 4 is 29.0 Å². The Kier molecular flexibility index (Phi) is 5.30. The molecule has 8 heteroatoms. The number of aromatic nitrogens is 3. The molecule has 2 heterocycles. The molecule has 0 spiro atoms. The summed E-state index contributed by atoms with van der Waals surface area (Å²) in [7, 11) is 0. The highest BCUT2D eigenvalue weighted by Gasteiger charge is 2.20. The summed E-state index contributed by atoms with van der Waals surface area (Å²) in [5, 5.41) is 9.83. The molecule has 0 bridgehead atoms. The van der Waals surface area contributed by atoms with Crippen molar-refractivity contribution in [3.63, 3.8) is 0 Å². The minimum atomic E-state index is -0.161. The lowest BCUT2D eigenvalue weighted by Crippen LogP contribution is -2.14. The Labute approximate surface area is 163 Å². The largest absolute Gasteiger partial charge is 0.384 e. The Morgan fingerprint density at radius 1 is 1.11 bits per heavy atom. The average molecular weight is 380 g/mol. The van der Waals surface area contributed by atoms with E-state index >= 15 is 0 Å². The van der Waals surface area contributed by atoms with E-state index in [1.807, 2.05) is 45.0 Å². The minimum Gasteiger partial charge on any atom is -0.384 e. The molecule has 4 N–H and O–H groups in total. The monoisotopic (exact) mass is 380 g/mol. The van der Waals surface area contributed by atoms with Crippen molar-refractivity contribution in [1.82, 2.24) is 15.1 Å². The van der Waals surface area contributed by atoms with E-state index in [2.05, 4.69) is 25.8 Å². The van der Waals surface area contributed by atoms with E-state index in [4.69, 9.17) is 10.3 Å². The number of hydrogen-bond acceptors (Lipinski definition) is 7. The molecule has 28 heavy (non-hydrogen) atoms. The molecule has 0 aliphatic heterocycles. The van der Waals surface area contributed by atoms with Gasteiger partial charge < -0.3 is 20.9 Å². The zero-order valence-electron chi connectivity index (χ0n) is 16.4. The lowest BCUT2D eigenvalue weighted by molar-refractivity contribution is -0.115. The van der Waals surface area contributed by atoms with E-state index in [1.54, 1.807) is 19.1 Å². The molecular formula is C20H24N6O2. The standard InChI is InChI=1S/C20H24N6O2/c1-12-22-16(21)11-17(23-12)24-14-7-5-13(6-8-14)9-19(27)25-18-10-15(28-26-18)20(2,3)4/h5-8,10-11H,9H2,1-4H3,(H,25,26,27)(H3,21,22,23,24). The zero-order chi connectivity index (χ0) is 20.3. The van der Waals surface area contributed by atoms with Gasteiger partial charge in [0.2, 0.25) is 5.91 Å². The molecule has 3 aromatic rings. The summed E-state index contributed by atoms with van der Waals surface area (Å²) in [5.41, 5.74) is 7.29. The SMILES string of the molecule is Cc1nc(N)cc(Nc2ccc(CC(=O)Nc3cc(C(C)(C)C)on3)cc2)n1. The maximum Gasteiger partial charge on any atom is 0.230 e. The minimum absolute atomic E-state index is 0.159. The molecule has 0 fully saturated rings. The van der Waals surface area contributed by atoms with E-state index in [9.17, 15) is 4.79 Å². The van der Waals surface area contributed by atoms with Crippen LogP contribution in [0.5, 0.6) is 0 Å². The van der Waals surface area contributed by atoms with Gasteiger partial charge in [0.25, 0.3) is 0 Å². The highest BCUT2D eigenvalue weighted by molar-refractivity contribution is 5.91. The maximum atomic E-state index is 12.3. The van der Waals surface area contributed by atoms with E-state index in [0.29, 0.717) is 23.3 Å². The van der Waals surface area contributed by atoms with Crippen molar-refractivity contribution < 1.29 is 9.32 Å². The summed E-state index contributed by atoms with van der Waals surface area (Å²) in [5.74, 6) is 2.61. The van der Waals surface area contributed by atoms with Gasteiger partial charge in [-0.25, -0.2) is 9.97 Å². The fourth-order valence-electron chi connectivity index (χ4n) is 2.57. The number of carbonyl (C=O) groups excluding carboxylic acids is 1. The number of nitrogens with one attached hydrogen (secondary N) is 2. The van der Waals surface area contributed by atoms with Crippen molar-refractivity contribution in [3.8, 4) is 0 Å². The number of rotatable bonds is 5. The molecule has 0 unspecified atom stereocenters. The second kappa shape index (κ2) is 7.67. The lowest BCUT2D eigenvalue weighted by Gasteiger charge is -2.12. The number of benzene rings is 1. The molecule has 0 aliphatic carbocycles. The smallest absolute Gasteiger partial charge is 0.230 e. The Bertz CT molecular complexity index is 953. The number of nitrogens with zero attached hydrogens (tertiary/aromatic N) is 3. The summed E-state index contributed by atoms with van der Waals surface area (Å²) in [4.78, 5) is 20.6. The number of anilines is 4. The van der Waals surface area contributed by atoms with E-state index in [0.717, 1.165) is 17.0 Å². The summed E-state index contributed by atoms with van der Waals surface area (Å²) >= 11 is 0. The predicted octanol–water partition coefficient (Wildman–Crippen LogP) is 3.58. The molecule has 8 nitrogen and oxygen atoms in total. The summed E-state index contributed by atoms with van der Waals surface area (Å²) in [6.45, 7) is 7.84. The Morgan fingerprint density at radius 2 is 1.82 bits per heavy atom. The molecule has 1 aromatic carbocycles. The number of amides is 1. The van der Waals surface area contributed by atoms with Gasteiger partial charge in [-0.1, -0.05) is 38.1 Å². The Morgan fingerprint density at radius 3 is 2.43 bits per heavy atom. The number of nitrogen functional groups attached to an aromatic ring is 1. The Balaban J connectivity index is 1.59. The van der Waals surface area contributed by atoms with Crippen LogP contribution in [0.1, 0.15) is 37.9 Å². The number of carbonyl (C=O) groups is 1. The van der Waals surface area contributed by atoms with Crippen LogP contribution < -0.4 is 16.4 Å².